The molecule has 4 nitrogen and oxygen atoms in total. The highest BCUT2D eigenvalue weighted by molar-refractivity contribution is 9.10. The average molecular weight is 321 g/mol. The number of benzene rings is 1. The number of amides is 1. The van der Waals surface area contributed by atoms with Crippen LogP contribution in [0.3, 0.4) is 0 Å². The first-order valence-corrected chi connectivity index (χ1v) is 6.51. The number of phenols is 1. The molecule has 0 fully saturated rings. The molecule has 0 spiro atoms. The van der Waals surface area contributed by atoms with E-state index in [1.54, 1.807) is 37.3 Å². The maximum Gasteiger partial charge on any atom is 0.259 e. The van der Waals surface area contributed by atoms with Gasteiger partial charge in [0.15, 0.2) is 0 Å². The molecule has 98 valence electrons. The first kappa shape index (κ1) is 13.5. The smallest absolute Gasteiger partial charge is 0.259 e. The summed E-state index contributed by atoms with van der Waals surface area (Å²) in [5.74, 6) is -0.384. The highest BCUT2D eigenvalue weighted by atomic mass is 79.9. The molecular weight excluding hydrogens is 308 g/mol. The van der Waals surface area contributed by atoms with Crippen LogP contribution >= 0.6 is 15.9 Å². The zero-order valence-corrected chi connectivity index (χ0v) is 12.2. The van der Waals surface area contributed by atoms with Crippen molar-refractivity contribution in [1.29, 1.82) is 0 Å². The third-order valence-electron chi connectivity index (χ3n) is 2.70. The fraction of sp³-hybridized carbons (Fsp3) is 0.143. The van der Waals surface area contributed by atoms with Gasteiger partial charge in [-0.2, -0.15) is 0 Å². The number of aromatic nitrogens is 1. The predicted molar refractivity (Wildman–Crippen MR) is 77.5 cm³/mol. The summed E-state index contributed by atoms with van der Waals surface area (Å²) < 4.78 is 0.709. The van der Waals surface area contributed by atoms with Crippen molar-refractivity contribution in [1.82, 2.24) is 4.98 Å². The number of carbonyl (C=O) groups excluding carboxylic acids is 1. The molecule has 2 rings (SSSR count). The maximum absolute atomic E-state index is 12.1. The van der Waals surface area contributed by atoms with E-state index in [0.29, 0.717) is 16.0 Å². The minimum Gasteiger partial charge on any atom is -0.507 e. The Morgan fingerprint density at radius 2 is 2.00 bits per heavy atom. The van der Waals surface area contributed by atoms with E-state index in [4.69, 9.17) is 0 Å². The SMILES string of the molecule is Cc1ccc(C(=O)Nc2ccc(Br)nc2C)c(O)c1. The first-order chi connectivity index (χ1) is 8.97. The van der Waals surface area contributed by atoms with Gasteiger partial charge in [0.2, 0.25) is 0 Å². The van der Waals surface area contributed by atoms with Gasteiger partial charge in [-0.3, -0.25) is 4.79 Å². The average Bonchev–Trinajstić information content (AvgIpc) is 2.32. The van der Waals surface area contributed by atoms with Crippen molar-refractivity contribution in [3.63, 3.8) is 0 Å². The summed E-state index contributed by atoms with van der Waals surface area (Å²) in [6.07, 6.45) is 0. The second-order valence-corrected chi connectivity index (χ2v) is 5.05. The second kappa shape index (κ2) is 5.40. The number of nitrogens with zero attached hydrogens (tertiary/aromatic N) is 1. The molecule has 0 aliphatic rings. The molecule has 2 N–H and O–H groups in total. The van der Waals surface area contributed by atoms with E-state index in [1.165, 1.54) is 0 Å². The summed E-state index contributed by atoms with van der Waals surface area (Å²) in [4.78, 5) is 16.3. The van der Waals surface area contributed by atoms with Crippen molar-refractivity contribution in [3.05, 3.63) is 51.8 Å². The fourth-order valence-electron chi connectivity index (χ4n) is 1.69. The zero-order valence-electron chi connectivity index (χ0n) is 10.6. The van der Waals surface area contributed by atoms with Gasteiger partial charge in [0.05, 0.1) is 16.9 Å². The van der Waals surface area contributed by atoms with Gasteiger partial charge in [0, 0.05) is 0 Å². The number of aromatic hydroxyl groups is 1. The molecule has 0 atom stereocenters. The van der Waals surface area contributed by atoms with Gasteiger partial charge in [0.25, 0.3) is 5.91 Å². The van der Waals surface area contributed by atoms with E-state index < -0.39 is 0 Å². The Morgan fingerprint density at radius 3 is 2.63 bits per heavy atom. The van der Waals surface area contributed by atoms with Crippen LogP contribution in [0.1, 0.15) is 21.6 Å². The van der Waals surface area contributed by atoms with Gasteiger partial charge in [-0.25, -0.2) is 4.98 Å². The quantitative estimate of drug-likeness (QED) is 0.833. The Hall–Kier alpha value is -1.88. The lowest BCUT2D eigenvalue weighted by atomic mass is 10.1. The fourth-order valence-corrected chi connectivity index (χ4v) is 2.08. The van der Waals surface area contributed by atoms with Crippen LogP contribution in [0.4, 0.5) is 5.69 Å². The summed E-state index contributed by atoms with van der Waals surface area (Å²) in [6, 6.07) is 8.44. The highest BCUT2D eigenvalue weighted by Crippen LogP contribution is 2.21. The Bertz CT molecular complexity index is 641. The van der Waals surface area contributed by atoms with Crippen LogP contribution in [0.5, 0.6) is 5.75 Å². The molecule has 1 aromatic heterocycles. The van der Waals surface area contributed by atoms with Crippen LogP contribution in [-0.4, -0.2) is 16.0 Å². The summed E-state index contributed by atoms with van der Waals surface area (Å²) in [6.45, 7) is 3.65. The topological polar surface area (TPSA) is 62.2 Å². The minimum absolute atomic E-state index is 0.0276. The molecule has 19 heavy (non-hydrogen) atoms. The van der Waals surface area contributed by atoms with Crippen molar-refractivity contribution in [2.45, 2.75) is 13.8 Å². The van der Waals surface area contributed by atoms with E-state index >= 15 is 0 Å². The zero-order chi connectivity index (χ0) is 14.0. The Morgan fingerprint density at radius 1 is 1.26 bits per heavy atom. The van der Waals surface area contributed by atoms with Crippen molar-refractivity contribution in [3.8, 4) is 5.75 Å². The van der Waals surface area contributed by atoms with Gasteiger partial charge in [-0.15, -0.1) is 0 Å². The summed E-state index contributed by atoms with van der Waals surface area (Å²) in [5.41, 5.74) is 2.46. The van der Waals surface area contributed by atoms with Crippen LogP contribution in [0.15, 0.2) is 34.9 Å². The molecule has 1 aromatic carbocycles. The molecule has 0 unspecified atom stereocenters. The molecule has 0 saturated heterocycles. The number of phenolic OH excluding ortho intramolecular Hbond substituents is 1. The number of halogens is 1. The number of anilines is 1. The minimum atomic E-state index is -0.357. The molecule has 0 aliphatic carbocycles. The van der Waals surface area contributed by atoms with Gasteiger partial charge < -0.3 is 10.4 Å². The van der Waals surface area contributed by atoms with Crippen molar-refractivity contribution in [2.24, 2.45) is 0 Å². The monoisotopic (exact) mass is 320 g/mol. The second-order valence-electron chi connectivity index (χ2n) is 4.24. The summed E-state index contributed by atoms with van der Waals surface area (Å²) >= 11 is 3.26. The van der Waals surface area contributed by atoms with Gasteiger partial charge in [0.1, 0.15) is 10.4 Å². The molecule has 5 heteroatoms. The lowest BCUT2D eigenvalue weighted by Crippen LogP contribution is -2.13. The van der Waals surface area contributed by atoms with Gasteiger partial charge in [-0.1, -0.05) is 6.07 Å². The largest absolute Gasteiger partial charge is 0.507 e. The Labute approximate surface area is 119 Å². The lowest BCUT2D eigenvalue weighted by molar-refractivity contribution is 0.102. The Kier molecular flexibility index (Phi) is 3.85. The number of pyridine rings is 1. The molecular formula is C14H13BrN2O2. The van der Waals surface area contributed by atoms with Crippen molar-refractivity contribution in [2.75, 3.05) is 5.32 Å². The van der Waals surface area contributed by atoms with Crippen molar-refractivity contribution < 1.29 is 9.90 Å². The molecule has 0 bridgehead atoms. The summed E-state index contributed by atoms with van der Waals surface area (Å²) in [5, 5.41) is 12.5. The van der Waals surface area contributed by atoms with E-state index in [2.05, 4.69) is 26.2 Å². The third kappa shape index (κ3) is 3.12. The molecule has 0 saturated carbocycles. The van der Waals surface area contributed by atoms with E-state index in [9.17, 15) is 9.90 Å². The predicted octanol–water partition coefficient (Wildman–Crippen LogP) is 3.42. The van der Waals surface area contributed by atoms with Crippen LogP contribution < -0.4 is 5.32 Å². The van der Waals surface area contributed by atoms with Crippen LogP contribution in [0.25, 0.3) is 0 Å². The molecule has 0 radical (unpaired) electrons. The number of hydrogen-bond acceptors (Lipinski definition) is 3. The van der Waals surface area contributed by atoms with Crippen LogP contribution in [0, 0.1) is 13.8 Å². The molecule has 1 heterocycles. The standard InChI is InChI=1S/C14H13BrN2O2/c1-8-3-4-10(12(18)7-8)14(19)17-11-5-6-13(15)16-9(11)2/h3-7,18H,1-2H3,(H,17,19). The van der Waals surface area contributed by atoms with E-state index in [1.807, 2.05) is 6.92 Å². The van der Waals surface area contributed by atoms with Crippen LogP contribution in [-0.2, 0) is 0 Å². The molecule has 1 amide bonds. The Balaban J connectivity index is 2.25. The number of hydrogen-bond donors (Lipinski definition) is 2. The van der Waals surface area contributed by atoms with Gasteiger partial charge >= 0.3 is 0 Å². The third-order valence-corrected chi connectivity index (χ3v) is 3.14. The maximum atomic E-state index is 12.1. The molecule has 0 aliphatic heterocycles. The summed E-state index contributed by atoms with van der Waals surface area (Å²) in [7, 11) is 0. The lowest BCUT2D eigenvalue weighted by Gasteiger charge is -2.09. The van der Waals surface area contributed by atoms with E-state index in [0.717, 1.165) is 5.56 Å². The normalized spacial score (nSPS) is 10.3. The highest BCUT2D eigenvalue weighted by Gasteiger charge is 2.12. The van der Waals surface area contributed by atoms with Crippen molar-refractivity contribution >= 4 is 27.5 Å². The van der Waals surface area contributed by atoms with E-state index in [-0.39, 0.29) is 17.2 Å². The number of carbonyl (C=O) groups is 1. The number of aryl methyl sites for hydroxylation is 2. The first-order valence-electron chi connectivity index (χ1n) is 5.71. The number of rotatable bonds is 2. The van der Waals surface area contributed by atoms with Gasteiger partial charge in [-0.05, 0) is 59.6 Å². The van der Waals surface area contributed by atoms with Crippen LogP contribution in [0.2, 0.25) is 0 Å². The molecule has 2 aromatic rings. The number of nitrogens with one attached hydrogen (secondary N) is 1.